The summed E-state index contributed by atoms with van der Waals surface area (Å²) in [5, 5.41) is 4.32. The van der Waals surface area contributed by atoms with Crippen LogP contribution in [0.2, 0.25) is 5.02 Å². The number of amides is 1. The summed E-state index contributed by atoms with van der Waals surface area (Å²) < 4.78 is 42.3. The lowest BCUT2D eigenvalue weighted by molar-refractivity contribution is -0.131. The van der Waals surface area contributed by atoms with Crippen molar-refractivity contribution in [3.8, 4) is 0 Å². The van der Waals surface area contributed by atoms with Gasteiger partial charge in [0.05, 0.1) is 22.0 Å². The zero-order chi connectivity index (χ0) is 22.9. The van der Waals surface area contributed by atoms with Crippen molar-refractivity contribution in [3.05, 3.63) is 46.0 Å². The SMILES string of the molecule is Cc1nn(CC(C)C)c(C)c1CC(=O)N1CCN(S(=O)(=O)c2ccc(F)c(Cl)c2)CC1. The van der Waals surface area contributed by atoms with Crippen molar-refractivity contribution in [1.82, 2.24) is 19.0 Å². The van der Waals surface area contributed by atoms with E-state index in [-0.39, 0.29) is 35.3 Å². The van der Waals surface area contributed by atoms with Crippen molar-refractivity contribution in [2.45, 2.75) is 45.6 Å². The molecule has 10 heteroatoms. The van der Waals surface area contributed by atoms with Crippen molar-refractivity contribution in [1.29, 1.82) is 0 Å². The fourth-order valence-corrected chi connectivity index (χ4v) is 5.43. The molecule has 2 aromatic rings. The summed E-state index contributed by atoms with van der Waals surface area (Å²) in [5.41, 5.74) is 2.77. The number of aryl methyl sites for hydroxylation is 1. The minimum atomic E-state index is -3.80. The minimum Gasteiger partial charge on any atom is -0.340 e. The van der Waals surface area contributed by atoms with Crippen LogP contribution in [0.5, 0.6) is 0 Å². The van der Waals surface area contributed by atoms with E-state index in [9.17, 15) is 17.6 Å². The predicted octanol–water partition coefficient (Wildman–Crippen LogP) is 3.02. The lowest BCUT2D eigenvalue weighted by Crippen LogP contribution is -2.50. The summed E-state index contributed by atoms with van der Waals surface area (Å²) in [6.07, 6.45) is 0.246. The van der Waals surface area contributed by atoms with Gasteiger partial charge in [-0.15, -0.1) is 0 Å². The van der Waals surface area contributed by atoms with Crippen molar-refractivity contribution in [2.24, 2.45) is 5.92 Å². The molecule has 0 unspecified atom stereocenters. The molecule has 1 fully saturated rings. The second kappa shape index (κ2) is 9.26. The number of benzene rings is 1. The van der Waals surface area contributed by atoms with Gasteiger partial charge in [0.15, 0.2) is 0 Å². The lowest BCUT2D eigenvalue weighted by atomic mass is 10.1. The average molecular weight is 471 g/mol. The lowest BCUT2D eigenvalue weighted by Gasteiger charge is -2.34. The second-order valence-electron chi connectivity index (χ2n) is 8.26. The number of rotatable bonds is 6. The van der Waals surface area contributed by atoms with Crippen LogP contribution in [0, 0.1) is 25.6 Å². The maximum Gasteiger partial charge on any atom is 0.243 e. The Morgan fingerprint density at radius 2 is 1.84 bits per heavy atom. The number of sulfonamides is 1. The number of hydrogen-bond donors (Lipinski definition) is 0. The Kier molecular flexibility index (Phi) is 7.08. The van der Waals surface area contributed by atoms with Gasteiger partial charge in [-0.3, -0.25) is 9.48 Å². The highest BCUT2D eigenvalue weighted by molar-refractivity contribution is 7.89. The molecule has 1 aliphatic heterocycles. The molecule has 31 heavy (non-hydrogen) atoms. The molecule has 1 aromatic heterocycles. The number of carbonyl (C=O) groups excluding carboxylic acids is 1. The third-order valence-electron chi connectivity index (χ3n) is 5.52. The average Bonchev–Trinajstić information content (AvgIpc) is 2.96. The Labute approximate surface area is 187 Å². The number of aromatic nitrogens is 2. The third kappa shape index (κ3) is 5.10. The predicted molar refractivity (Wildman–Crippen MR) is 117 cm³/mol. The number of halogens is 2. The zero-order valence-corrected chi connectivity index (χ0v) is 19.8. The molecule has 1 saturated heterocycles. The molecule has 0 bridgehead atoms. The quantitative estimate of drug-likeness (QED) is 0.650. The first-order valence-corrected chi connectivity index (χ1v) is 12.1. The number of carbonyl (C=O) groups is 1. The van der Waals surface area contributed by atoms with E-state index in [2.05, 4.69) is 18.9 Å². The van der Waals surface area contributed by atoms with Gasteiger partial charge in [-0.25, -0.2) is 12.8 Å². The number of hydrogen-bond acceptors (Lipinski definition) is 4. The highest BCUT2D eigenvalue weighted by Crippen LogP contribution is 2.24. The molecular weight excluding hydrogens is 443 g/mol. The molecule has 1 aliphatic rings. The van der Waals surface area contributed by atoms with E-state index in [0.29, 0.717) is 19.0 Å². The van der Waals surface area contributed by atoms with Crippen LogP contribution < -0.4 is 0 Å². The Bertz CT molecular complexity index is 1080. The highest BCUT2D eigenvalue weighted by Gasteiger charge is 2.31. The van der Waals surface area contributed by atoms with Gasteiger partial charge >= 0.3 is 0 Å². The molecule has 3 rings (SSSR count). The van der Waals surface area contributed by atoms with E-state index in [0.717, 1.165) is 35.6 Å². The molecule has 7 nitrogen and oxygen atoms in total. The highest BCUT2D eigenvalue weighted by atomic mass is 35.5. The molecule has 0 atom stereocenters. The van der Waals surface area contributed by atoms with Gasteiger partial charge < -0.3 is 4.90 Å². The van der Waals surface area contributed by atoms with Crippen LogP contribution in [0.1, 0.15) is 30.8 Å². The maximum absolute atomic E-state index is 13.4. The van der Waals surface area contributed by atoms with Gasteiger partial charge in [0, 0.05) is 44.0 Å². The standard InChI is InChI=1S/C21H28ClFN4O3S/c1-14(2)13-27-16(4)18(15(3)24-27)12-21(28)25-7-9-26(10-8-25)31(29,30)17-5-6-20(23)19(22)11-17/h5-6,11,14H,7-10,12-13H2,1-4H3. The van der Waals surface area contributed by atoms with E-state index in [1.807, 2.05) is 18.5 Å². The van der Waals surface area contributed by atoms with E-state index in [4.69, 9.17) is 11.6 Å². The molecule has 2 heterocycles. The number of piperazine rings is 1. The van der Waals surface area contributed by atoms with Gasteiger partial charge in [-0.2, -0.15) is 9.40 Å². The third-order valence-corrected chi connectivity index (χ3v) is 7.70. The van der Waals surface area contributed by atoms with Gasteiger partial charge in [-0.1, -0.05) is 25.4 Å². The Morgan fingerprint density at radius 1 is 1.19 bits per heavy atom. The Balaban J connectivity index is 1.65. The summed E-state index contributed by atoms with van der Waals surface area (Å²) >= 11 is 5.74. The molecule has 1 amide bonds. The van der Waals surface area contributed by atoms with Crippen LogP contribution in [0.15, 0.2) is 23.1 Å². The second-order valence-corrected chi connectivity index (χ2v) is 10.6. The monoisotopic (exact) mass is 470 g/mol. The summed E-state index contributed by atoms with van der Waals surface area (Å²) in [6, 6.07) is 3.36. The summed E-state index contributed by atoms with van der Waals surface area (Å²) in [5.74, 6) is -0.261. The first kappa shape index (κ1) is 23.7. The topological polar surface area (TPSA) is 75.5 Å². The van der Waals surface area contributed by atoms with E-state index < -0.39 is 15.8 Å². The molecule has 0 aliphatic carbocycles. The Morgan fingerprint density at radius 3 is 2.42 bits per heavy atom. The minimum absolute atomic E-state index is 0.0443. The summed E-state index contributed by atoms with van der Waals surface area (Å²) in [6.45, 7) is 9.86. The van der Waals surface area contributed by atoms with Gasteiger partial charge in [0.2, 0.25) is 15.9 Å². The van der Waals surface area contributed by atoms with Gasteiger partial charge in [0.25, 0.3) is 0 Å². The molecule has 0 saturated carbocycles. The van der Waals surface area contributed by atoms with Crippen LogP contribution in [-0.4, -0.2) is 59.5 Å². The molecule has 0 spiro atoms. The van der Waals surface area contributed by atoms with Crippen LogP contribution >= 0.6 is 11.6 Å². The van der Waals surface area contributed by atoms with Crippen molar-refractivity contribution in [3.63, 3.8) is 0 Å². The summed E-state index contributed by atoms with van der Waals surface area (Å²) in [4.78, 5) is 14.5. The number of nitrogens with zero attached hydrogens (tertiary/aromatic N) is 4. The first-order valence-electron chi connectivity index (χ1n) is 10.3. The van der Waals surface area contributed by atoms with Crippen molar-refractivity contribution in [2.75, 3.05) is 26.2 Å². The maximum atomic E-state index is 13.4. The first-order chi connectivity index (χ1) is 14.5. The molecular formula is C21H28ClFN4O3S. The van der Waals surface area contributed by atoms with Crippen molar-refractivity contribution >= 4 is 27.5 Å². The fourth-order valence-electron chi connectivity index (χ4n) is 3.74. The smallest absolute Gasteiger partial charge is 0.243 e. The summed E-state index contributed by atoms with van der Waals surface area (Å²) in [7, 11) is -3.80. The molecule has 170 valence electrons. The van der Waals surface area contributed by atoms with E-state index in [1.54, 1.807) is 4.90 Å². The van der Waals surface area contributed by atoms with Crippen molar-refractivity contribution < 1.29 is 17.6 Å². The zero-order valence-electron chi connectivity index (χ0n) is 18.2. The Hall–Kier alpha value is -1.97. The van der Waals surface area contributed by atoms with E-state index >= 15 is 0 Å². The van der Waals surface area contributed by atoms with Crippen LogP contribution in [0.25, 0.3) is 0 Å². The van der Waals surface area contributed by atoms with Gasteiger partial charge in [-0.05, 0) is 38.0 Å². The van der Waals surface area contributed by atoms with Crippen LogP contribution in [0.3, 0.4) is 0 Å². The molecule has 0 radical (unpaired) electrons. The molecule has 0 N–H and O–H groups in total. The van der Waals surface area contributed by atoms with Crippen LogP contribution in [-0.2, 0) is 27.8 Å². The van der Waals surface area contributed by atoms with Gasteiger partial charge in [0.1, 0.15) is 5.82 Å². The van der Waals surface area contributed by atoms with E-state index in [1.165, 1.54) is 10.4 Å². The largest absolute Gasteiger partial charge is 0.340 e. The fraction of sp³-hybridized carbons (Fsp3) is 0.524. The van der Waals surface area contributed by atoms with Crippen LogP contribution in [0.4, 0.5) is 4.39 Å². The molecule has 1 aromatic carbocycles. The normalized spacial score (nSPS) is 15.6.